The number of H-pyrrole nitrogens is 1. The van der Waals surface area contributed by atoms with Crippen LogP contribution in [-0.4, -0.2) is 39.3 Å². The third kappa shape index (κ3) is 3.06. The largest absolute Gasteiger partial charge is 0.508 e. The van der Waals surface area contributed by atoms with Crippen LogP contribution in [0.2, 0.25) is 0 Å². The first kappa shape index (κ1) is 15.6. The van der Waals surface area contributed by atoms with Crippen LogP contribution in [0.5, 0.6) is 5.75 Å². The summed E-state index contributed by atoms with van der Waals surface area (Å²) in [6.45, 7) is 1.88. The molecule has 25 heavy (non-hydrogen) atoms. The third-order valence-corrected chi connectivity index (χ3v) is 4.59. The molecule has 3 aromatic rings. The molecule has 0 saturated carbocycles. The van der Waals surface area contributed by atoms with Crippen LogP contribution in [0.15, 0.2) is 36.5 Å². The minimum atomic E-state index is -0.219. The number of pyridine rings is 1. The van der Waals surface area contributed by atoms with Crippen molar-refractivity contribution in [3.8, 4) is 5.75 Å². The smallest absolute Gasteiger partial charge is 0.258 e. The number of amides is 1. The lowest BCUT2D eigenvalue weighted by Gasteiger charge is -2.23. The number of hydrogen-bond acceptors (Lipinski definition) is 5. The Kier molecular flexibility index (Phi) is 4.07. The fourth-order valence-corrected chi connectivity index (χ4v) is 3.31. The van der Waals surface area contributed by atoms with Gasteiger partial charge in [-0.1, -0.05) is 0 Å². The zero-order valence-electron chi connectivity index (χ0n) is 13.6. The molecular weight excluding hydrogens is 318 g/mol. The molecule has 0 bridgehead atoms. The number of aromatic nitrogens is 3. The number of rotatable bonds is 3. The van der Waals surface area contributed by atoms with Gasteiger partial charge < -0.3 is 15.7 Å². The summed E-state index contributed by atoms with van der Waals surface area (Å²) >= 11 is 0. The summed E-state index contributed by atoms with van der Waals surface area (Å²) in [5.41, 5.74) is 2.10. The molecule has 1 aliphatic rings. The second kappa shape index (κ2) is 6.52. The fraction of sp³-hybridized carbons (Fsp3) is 0.278. The Morgan fingerprint density at radius 1 is 1.24 bits per heavy atom. The van der Waals surface area contributed by atoms with Gasteiger partial charge in [-0.2, -0.15) is 5.10 Å². The minimum Gasteiger partial charge on any atom is -0.508 e. The van der Waals surface area contributed by atoms with Crippen LogP contribution < -0.4 is 10.6 Å². The lowest BCUT2D eigenvalue weighted by atomic mass is 9.91. The number of nitrogens with one attached hydrogen (secondary N) is 3. The SMILES string of the molecule is O=C(Nc1n[nH]c2cc(O)ccc12)c1cccnc1C1CCNCC1. The zero-order valence-corrected chi connectivity index (χ0v) is 13.6. The van der Waals surface area contributed by atoms with Crippen LogP contribution >= 0.6 is 0 Å². The van der Waals surface area contributed by atoms with Crippen molar-refractivity contribution in [1.82, 2.24) is 20.5 Å². The number of fused-ring (bicyclic) bond motifs is 1. The molecule has 0 spiro atoms. The van der Waals surface area contributed by atoms with Crippen molar-refractivity contribution in [3.05, 3.63) is 47.8 Å². The molecular formula is C18H19N5O2. The molecule has 1 fully saturated rings. The number of anilines is 1. The summed E-state index contributed by atoms with van der Waals surface area (Å²) < 4.78 is 0. The summed E-state index contributed by atoms with van der Waals surface area (Å²) in [6.07, 6.45) is 3.69. The van der Waals surface area contributed by atoms with Crippen LogP contribution in [-0.2, 0) is 0 Å². The fourth-order valence-electron chi connectivity index (χ4n) is 3.31. The van der Waals surface area contributed by atoms with Crippen molar-refractivity contribution in [2.75, 3.05) is 18.4 Å². The number of hydrogen-bond donors (Lipinski definition) is 4. The lowest BCUT2D eigenvalue weighted by molar-refractivity contribution is 0.102. The summed E-state index contributed by atoms with van der Waals surface area (Å²) in [4.78, 5) is 17.3. The van der Waals surface area contributed by atoms with Crippen molar-refractivity contribution >= 4 is 22.6 Å². The summed E-state index contributed by atoms with van der Waals surface area (Å²) in [5, 5.41) is 23.4. The molecule has 1 aromatic carbocycles. The van der Waals surface area contributed by atoms with Gasteiger partial charge in [0.2, 0.25) is 0 Å². The van der Waals surface area contributed by atoms with Gasteiger partial charge in [-0.3, -0.25) is 14.9 Å². The molecule has 128 valence electrons. The second-order valence-electron chi connectivity index (χ2n) is 6.22. The van der Waals surface area contributed by atoms with E-state index in [1.807, 2.05) is 0 Å². The minimum absolute atomic E-state index is 0.148. The van der Waals surface area contributed by atoms with Gasteiger partial charge in [0.15, 0.2) is 5.82 Å². The monoisotopic (exact) mass is 337 g/mol. The molecule has 1 amide bonds. The van der Waals surface area contributed by atoms with Crippen LogP contribution in [0, 0.1) is 0 Å². The quantitative estimate of drug-likeness (QED) is 0.588. The molecule has 0 unspecified atom stereocenters. The van der Waals surface area contributed by atoms with Gasteiger partial charge in [-0.05, 0) is 50.2 Å². The van der Waals surface area contributed by atoms with E-state index < -0.39 is 0 Å². The Hall–Kier alpha value is -2.93. The normalized spacial score (nSPS) is 15.4. The lowest BCUT2D eigenvalue weighted by Crippen LogP contribution is -2.28. The number of phenols is 1. The highest BCUT2D eigenvalue weighted by molar-refractivity contribution is 6.08. The molecule has 7 nitrogen and oxygen atoms in total. The Labute approximate surface area is 144 Å². The van der Waals surface area contributed by atoms with E-state index in [2.05, 4.69) is 25.8 Å². The van der Waals surface area contributed by atoms with E-state index >= 15 is 0 Å². The Morgan fingerprint density at radius 2 is 2.08 bits per heavy atom. The number of carbonyl (C=O) groups is 1. The number of nitrogens with zero attached hydrogens (tertiary/aromatic N) is 2. The molecule has 2 aromatic heterocycles. The van der Waals surface area contributed by atoms with Gasteiger partial charge in [0.1, 0.15) is 5.75 Å². The first-order valence-electron chi connectivity index (χ1n) is 8.36. The number of phenolic OH excluding ortho intramolecular Hbond substituents is 1. The van der Waals surface area contributed by atoms with Gasteiger partial charge in [0, 0.05) is 23.6 Å². The molecule has 1 saturated heterocycles. The van der Waals surface area contributed by atoms with Gasteiger partial charge in [-0.25, -0.2) is 0 Å². The molecule has 0 aliphatic carbocycles. The highest BCUT2D eigenvalue weighted by Gasteiger charge is 2.23. The standard InChI is InChI=1S/C18H19N5O2/c24-12-3-4-13-15(10-12)22-23-17(13)21-18(25)14-2-1-7-20-16(14)11-5-8-19-9-6-11/h1-4,7,10-11,19,24H,5-6,8-9H2,(H2,21,22,23,25). The average molecular weight is 337 g/mol. The number of carbonyl (C=O) groups excluding carboxylic acids is 1. The predicted molar refractivity (Wildman–Crippen MR) is 94.8 cm³/mol. The molecule has 4 rings (SSSR count). The van der Waals surface area contributed by atoms with Gasteiger partial charge >= 0.3 is 0 Å². The second-order valence-corrected chi connectivity index (χ2v) is 6.22. The van der Waals surface area contributed by atoms with Crippen LogP contribution in [0.1, 0.15) is 34.8 Å². The summed E-state index contributed by atoms with van der Waals surface area (Å²) in [6, 6.07) is 8.45. The topological polar surface area (TPSA) is 103 Å². The number of piperidine rings is 1. The Balaban J connectivity index is 1.62. The molecule has 0 atom stereocenters. The van der Waals surface area contributed by atoms with Gasteiger partial charge in [0.05, 0.1) is 16.8 Å². The Morgan fingerprint density at radius 3 is 2.92 bits per heavy atom. The van der Waals surface area contributed by atoms with Crippen LogP contribution in [0.25, 0.3) is 10.9 Å². The molecule has 1 aliphatic heterocycles. The van der Waals surface area contributed by atoms with Crippen molar-refractivity contribution in [3.63, 3.8) is 0 Å². The summed E-state index contributed by atoms with van der Waals surface area (Å²) in [7, 11) is 0. The number of aromatic hydroxyl groups is 1. The van der Waals surface area contributed by atoms with Gasteiger partial charge in [0.25, 0.3) is 5.91 Å². The predicted octanol–water partition coefficient (Wildman–Crippen LogP) is 2.38. The summed E-state index contributed by atoms with van der Waals surface area (Å²) in [5.74, 6) is 0.661. The van der Waals surface area contributed by atoms with Gasteiger partial charge in [-0.15, -0.1) is 0 Å². The van der Waals surface area contributed by atoms with Crippen molar-refractivity contribution in [2.24, 2.45) is 0 Å². The van der Waals surface area contributed by atoms with E-state index in [4.69, 9.17) is 0 Å². The van der Waals surface area contributed by atoms with Crippen molar-refractivity contribution in [1.29, 1.82) is 0 Å². The molecule has 4 N–H and O–H groups in total. The number of aromatic amines is 1. The highest BCUT2D eigenvalue weighted by Crippen LogP contribution is 2.28. The van der Waals surface area contributed by atoms with Crippen LogP contribution in [0.4, 0.5) is 5.82 Å². The first-order chi connectivity index (χ1) is 12.2. The Bertz CT molecular complexity index is 915. The zero-order chi connectivity index (χ0) is 17.2. The van der Waals surface area contributed by atoms with Crippen molar-refractivity contribution < 1.29 is 9.90 Å². The van der Waals surface area contributed by atoms with E-state index in [1.165, 1.54) is 0 Å². The first-order valence-corrected chi connectivity index (χ1v) is 8.36. The molecule has 7 heteroatoms. The van der Waals surface area contributed by atoms with E-state index in [9.17, 15) is 9.90 Å². The van der Waals surface area contributed by atoms with E-state index in [0.29, 0.717) is 16.9 Å². The van der Waals surface area contributed by atoms with Crippen LogP contribution in [0.3, 0.4) is 0 Å². The third-order valence-electron chi connectivity index (χ3n) is 4.59. The molecule has 3 heterocycles. The maximum atomic E-state index is 12.8. The van der Waals surface area contributed by atoms with E-state index in [0.717, 1.165) is 37.0 Å². The van der Waals surface area contributed by atoms with E-state index in [-0.39, 0.29) is 17.6 Å². The maximum Gasteiger partial charge on any atom is 0.258 e. The van der Waals surface area contributed by atoms with Crippen molar-refractivity contribution in [2.45, 2.75) is 18.8 Å². The average Bonchev–Trinajstić information content (AvgIpc) is 3.04. The van der Waals surface area contributed by atoms with E-state index in [1.54, 1.807) is 36.5 Å². The number of benzene rings is 1. The molecule has 0 radical (unpaired) electrons. The maximum absolute atomic E-state index is 12.8. The highest BCUT2D eigenvalue weighted by atomic mass is 16.3.